The van der Waals surface area contributed by atoms with Gasteiger partial charge in [-0.15, -0.1) is 10.2 Å². The van der Waals surface area contributed by atoms with Crippen LogP contribution < -0.4 is 0 Å². The van der Waals surface area contributed by atoms with Gasteiger partial charge in [-0.2, -0.15) is 20.5 Å². The van der Waals surface area contributed by atoms with Crippen LogP contribution >= 0.6 is 0 Å². The summed E-state index contributed by atoms with van der Waals surface area (Å²) in [5.74, 6) is -0.141. The maximum Gasteiger partial charge on any atom is 0.171 e. The van der Waals surface area contributed by atoms with Gasteiger partial charge in [-0.05, 0) is 48.5 Å². The van der Waals surface area contributed by atoms with Crippen LogP contribution in [0.25, 0.3) is 0 Å². The predicted molar refractivity (Wildman–Crippen MR) is 120 cm³/mol. The summed E-state index contributed by atoms with van der Waals surface area (Å²) in [6.07, 6.45) is 0. The zero-order chi connectivity index (χ0) is 21.3. The van der Waals surface area contributed by atoms with Crippen molar-refractivity contribution in [1.82, 2.24) is 0 Å². The van der Waals surface area contributed by atoms with E-state index in [-0.39, 0.29) is 17.1 Å². The summed E-state index contributed by atoms with van der Waals surface area (Å²) in [5.41, 5.74) is 2.92. The maximum absolute atomic E-state index is 10.7. The first-order valence-electron chi connectivity index (χ1n) is 9.55. The molecule has 0 aromatic heterocycles. The number of phenolic OH excluding ortho intramolecular Hbond substituents is 1. The summed E-state index contributed by atoms with van der Waals surface area (Å²) >= 11 is 0. The maximum atomic E-state index is 10.7. The van der Waals surface area contributed by atoms with E-state index < -0.39 is 0 Å². The molecule has 0 saturated carbocycles. The number of nitrogens with zero attached hydrogens (tertiary/aromatic N) is 6. The number of hydrogen-bond donors (Lipinski definition) is 1. The predicted octanol–water partition coefficient (Wildman–Crippen LogP) is 8.64. The smallest absolute Gasteiger partial charge is 0.171 e. The van der Waals surface area contributed by atoms with Crippen molar-refractivity contribution in [3.05, 3.63) is 103 Å². The molecule has 0 aliphatic heterocycles. The lowest BCUT2D eigenvalue weighted by atomic mass is 10.2. The Kier molecular flexibility index (Phi) is 6.25. The van der Waals surface area contributed by atoms with Gasteiger partial charge in [0.1, 0.15) is 11.4 Å². The molecule has 0 fully saturated rings. The zero-order valence-electron chi connectivity index (χ0n) is 16.4. The minimum absolute atomic E-state index is 0.141. The van der Waals surface area contributed by atoms with Crippen LogP contribution in [0.4, 0.5) is 34.1 Å². The lowest BCUT2D eigenvalue weighted by Crippen LogP contribution is -1.73. The monoisotopic (exact) mass is 406 g/mol. The van der Waals surface area contributed by atoms with Crippen LogP contribution in [-0.4, -0.2) is 5.11 Å². The Morgan fingerprint density at radius 2 is 0.710 bits per heavy atom. The summed E-state index contributed by atoms with van der Waals surface area (Å²) in [7, 11) is 0. The fourth-order valence-electron chi connectivity index (χ4n) is 2.62. The molecule has 4 aromatic rings. The van der Waals surface area contributed by atoms with E-state index in [9.17, 15) is 5.11 Å². The minimum Gasteiger partial charge on any atom is -0.504 e. The lowest BCUT2D eigenvalue weighted by molar-refractivity contribution is 0.477. The first-order chi connectivity index (χ1) is 15.3. The molecule has 0 aliphatic rings. The number of aromatic hydroxyl groups is 1. The summed E-state index contributed by atoms with van der Waals surface area (Å²) < 4.78 is 0. The molecule has 31 heavy (non-hydrogen) atoms. The first kappa shape index (κ1) is 19.8. The van der Waals surface area contributed by atoms with Gasteiger partial charge in [-0.25, -0.2) is 0 Å². The highest BCUT2D eigenvalue weighted by Crippen LogP contribution is 2.42. The summed E-state index contributed by atoms with van der Waals surface area (Å²) in [4.78, 5) is 0. The van der Waals surface area contributed by atoms with Gasteiger partial charge < -0.3 is 5.11 Å². The van der Waals surface area contributed by atoms with Gasteiger partial charge in [-0.3, -0.25) is 0 Å². The number of phenols is 1. The van der Waals surface area contributed by atoms with Crippen LogP contribution in [0.1, 0.15) is 0 Å². The molecule has 0 unspecified atom stereocenters. The van der Waals surface area contributed by atoms with E-state index in [4.69, 9.17) is 0 Å². The molecule has 4 rings (SSSR count). The second-order valence-electron chi connectivity index (χ2n) is 6.44. The van der Waals surface area contributed by atoms with Crippen LogP contribution in [0.5, 0.6) is 5.75 Å². The zero-order valence-corrected chi connectivity index (χ0v) is 16.4. The Hall–Kier alpha value is -4.52. The van der Waals surface area contributed by atoms with E-state index in [0.29, 0.717) is 22.7 Å². The van der Waals surface area contributed by atoms with E-state index in [2.05, 4.69) is 30.7 Å². The van der Waals surface area contributed by atoms with E-state index in [1.807, 2.05) is 91.0 Å². The highest BCUT2D eigenvalue weighted by atomic mass is 16.3. The van der Waals surface area contributed by atoms with Crippen molar-refractivity contribution < 1.29 is 5.11 Å². The van der Waals surface area contributed by atoms with Crippen molar-refractivity contribution in [2.24, 2.45) is 30.7 Å². The fraction of sp³-hybridized carbons (Fsp3) is 0. The van der Waals surface area contributed by atoms with Gasteiger partial charge in [0, 0.05) is 0 Å². The van der Waals surface area contributed by atoms with Crippen molar-refractivity contribution in [2.45, 2.75) is 0 Å². The van der Waals surface area contributed by atoms with E-state index in [0.717, 1.165) is 0 Å². The SMILES string of the molecule is Oc1c(N=Nc2ccccc2)cc(N=Nc2ccccc2)cc1N=Nc1ccccc1. The van der Waals surface area contributed by atoms with Crippen LogP contribution in [0.3, 0.4) is 0 Å². The molecular formula is C24H18N6O. The molecule has 0 bridgehead atoms. The van der Waals surface area contributed by atoms with E-state index in [1.54, 1.807) is 12.1 Å². The second-order valence-corrected chi connectivity index (χ2v) is 6.44. The van der Waals surface area contributed by atoms with E-state index in [1.165, 1.54) is 0 Å². The highest BCUT2D eigenvalue weighted by molar-refractivity contribution is 5.71. The molecule has 0 atom stereocenters. The van der Waals surface area contributed by atoms with Gasteiger partial charge in [0.05, 0.1) is 22.7 Å². The number of benzene rings is 4. The normalized spacial score (nSPS) is 11.6. The Labute approximate surface area is 179 Å². The molecular weight excluding hydrogens is 388 g/mol. The molecule has 150 valence electrons. The molecule has 0 aliphatic carbocycles. The largest absolute Gasteiger partial charge is 0.504 e. The lowest BCUT2D eigenvalue weighted by Gasteiger charge is -2.04. The van der Waals surface area contributed by atoms with Gasteiger partial charge >= 0.3 is 0 Å². The Morgan fingerprint density at radius 1 is 0.387 bits per heavy atom. The molecule has 0 saturated heterocycles. The van der Waals surface area contributed by atoms with Crippen LogP contribution in [0, 0.1) is 0 Å². The second kappa shape index (κ2) is 9.80. The van der Waals surface area contributed by atoms with Crippen molar-refractivity contribution in [3.63, 3.8) is 0 Å². The average molecular weight is 406 g/mol. The molecule has 1 N–H and O–H groups in total. The van der Waals surface area contributed by atoms with Gasteiger partial charge in [0.25, 0.3) is 0 Å². The molecule has 0 heterocycles. The summed E-state index contributed by atoms with van der Waals surface area (Å²) in [6.45, 7) is 0. The Bertz CT molecular complexity index is 1150. The number of hydrogen-bond acceptors (Lipinski definition) is 7. The molecule has 0 spiro atoms. The number of rotatable bonds is 6. The third-order valence-corrected chi connectivity index (χ3v) is 4.15. The highest BCUT2D eigenvalue weighted by Gasteiger charge is 2.10. The van der Waals surface area contributed by atoms with Crippen LogP contribution in [-0.2, 0) is 0 Å². The summed E-state index contributed by atoms with van der Waals surface area (Å²) in [5, 5.41) is 35.9. The average Bonchev–Trinajstić information content (AvgIpc) is 2.83. The summed E-state index contributed by atoms with van der Waals surface area (Å²) in [6, 6.07) is 31.0. The van der Waals surface area contributed by atoms with Crippen LogP contribution in [0.2, 0.25) is 0 Å². The first-order valence-corrected chi connectivity index (χ1v) is 9.55. The van der Waals surface area contributed by atoms with Gasteiger partial charge in [-0.1, -0.05) is 54.6 Å². The van der Waals surface area contributed by atoms with Gasteiger partial charge in [0.15, 0.2) is 5.75 Å². The molecule has 0 amide bonds. The van der Waals surface area contributed by atoms with E-state index >= 15 is 0 Å². The van der Waals surface area contributed by atoms with Crippen molar-refractivity contribution in [1.29, 1.82) is 0 Å². The van der Waals surface area contributed by atoms with Crippen molar-refractivity contribution in [3.8, 4) is 5.75 Å². The van der Waals surface area contributed by atoms with Crippen molar-refractivity contribution in [2.75, 3.05) is 0 Å². The van der Waals surface area contributed by atoms with Crippen LogP contribution in [0.15, 0.2) is 134 Å². The molecule has 7 nitrogen and oxygen atoms in total. The topological polar surface area (TPSA) is 94.4 Å². The molecule has 4 aromatic carbocycles. The minimum atomic E-state index is -0.141. The standard InChI is InChI=1S/C24H18N6O/c31-24-22(29-26-19-12-6-2-7-13-19)16-21(28-25-18-10-4-1-5-11-18)17-23(24)30-27-20-14-8-3-9-15-20/h1-17,31H. The third kappa shape index (κ3) is 5.51. The van der Waals surface area contributed by atoms with Gasteiger partial charge in [0.2, 0.25) is 0 Å². The fourth-order valence-corrected chi connectivity index (χ4v) is 2.62. The molecule has 0 radical (unpaired) electrons. The Morgan fingerprint density at radius 3 is 1.10 bits per heavy atom. The quantitative estimate of drug-likeness (QED) is 0.319. The molecule has 7 heteroatoms. The van der Waals surface area contributed by atoms with Crippen molar-refractivity contribution >= 4 is 34.1 Å². The number of azo groups is 3. The Balaban J connectivity index is 1.71. The third-order valence-electron chi connectivity index (χ3n) is 4.15.